The van der Waals surface area contributed by atoms with Gasteiger partial charge in [0, 0.05) is 11.7 Å². The quantitative estimate of drug-likeness (QED) is 0.767. The van der Waals surface area contributed by atoms with Gasteiger partial charge in [-0.05, 0) is 36.2 Å². The maximum absolute atomic E-state index is 12.1. The van der Waals surface area contributed by atoms with Gasteiger partial charge in [0.05, 0.1) is 19.2 Å². The third-order valence-electron chi connectivity index (χ3n) is 3.71. The molecule has 1 atom stereocenters. The second-order valence-electron chi connectivity index (χ2n) is 5.37. The molecule has 24 heavy (non-hydrogen) atoms. The van der Waals surface area contributed by atoms with E-state index in [0.717, 1.165) is 12.0 Å². The summed E-state index contributed by atoms with van der Waals surface area (Å²) in [5.41, 5.74) is 2.25. The van der Waals surface area contributed by atoms with Crippen LogP contribution in [0.1, 0.15) is 35.3 Å². The number of methoxy groups -OCH3 is 1. The van der Waals surface area contributed by atoms with Gasteiger partial charge in [-0.15, -0.1) is 0 Å². The van der Waals surface area contributed by atoms with Gasteiger partial charge in [0.15, 0.2) is 0 Å². The average Bonchev–Trinajstić information content (AvgIpc) is 2.63. The van der Waals surface area contributed by atoms with Crippen LogP contribution in [0.4, 0.5) is 5.69 Å². The van der Waals surface area contributed by atoms with Crippen molar-refractivity contribution in [1.29, 1.82) is 0 Å². The fourth-order valence-corrected chi connectivity index (χ4v) is 2.41. The van der Waals surface area contributed by atoms with Crippen LogP contribution in [0.5, 0.6) is 0 Å². The first kappa shape index (κ1) is 17.7. The topological polar surface area (TPSA) is 67.4 Å². The molecule has 0 aliphatic rings. The fraction of sp³-hybridized carbons (Fsp3) is 0.263. The molecule has 0 spiro atoms. The number of carbonyl (C=O) groups is 2. The highest BCUT2D eigenvalue weighted by atomic mass is 16.5. The number of rotatable bonds is 7. The van der Waals surface area contributed by atoms with E-state index < -0.39 is 5.97 Å². The number of nitrogens with one attached hydrogen (secondary N) is 2. The fourth-order valence-electron chi connectivity index (χ4n) is 2.41. The lowest BCUT2D eigenvalue weighted by molar-refractivity contribution is -0.115. The number of amides is 1. The van der Waals surface area contributed by atoms with Gasteiger partial charge >= 0.3 is 5.97 Å². The molecule has 0 aromatic heterocycles. The summed E-state index contributed by atoms with van der Waals surface area (Å²) in [6.07, 6.45) is 0.894. The average molecular weight is 326 g/mol. The number of hydrogen-bond acceptors (Lipinski definition) is 4. The van der Waals surface area contributed by atoms with E-state index in [9.17, 15) is 9.59 Å². The molecule has 0 radical (unpaired) electrons. The molecule has 0 aliphatic carbocycles. The second-order valence-corrected chi connectivity index (χ2v) is 5.37. The summed E-state index contributed by atoms with van der Waals surface area (Å²) in [7, 11) is 1.33. The Bertz CT molecular complexity index is 669. The van der Waals surface area contributed by atoms with Crippen LogP contribution in [0.2, 0.25) is 0 Å². The molecule has 2 aromatic rings. The Kier molecular flexibility index (Phi) is 6.51. The van der Waals surface area contributed by atoms with Gasteiger partial charge in [0.1, 0.15) is 0 Å². The molecule has 0 fully saturated rings. The Balaban J connectivity index is 1.87. The second kappa shape index (κ2) is 8.84. The molecule has 0 heterocycles. The van der Waals surface area contributed by atoms with Crippen LogP contribution in [-0.2, 0) is 9.53 Å². The summed E-state index contributed by atoms with van der Waals surface area (Å²) >= 11 is 0. The minimum absolute atomic E-state index is 0.129. The van der Waals surface area contributed by atoms with Gasteiger partial charge in [0.25, 0.3) is 0 Å². The van der Waals surface area contributed by atoms with Crippen LogP contribution in [0.15, 0.2) is 54.6 Å². The number of benzene rings is 2. The summed E-state index contributed by atoms with van der Waals surface area (Å²) < 4.78 is 4.64. The van der Waals surface area contributed by atoms with Gasteiger partial charge < -0.3 is 15.4 Å². The van der Waals surface area contributed by atoms with E-state index in [0.29, 0.717) is 11.3 Å². The summed E-state index contributed by atoms with van der Waals surface area (Å²) in [5, 5.41) is 6.06. The maximum Gasteiger partial charge on any atom is 0.337 e. The van der Waals surface area contributed by atoms with Crippen LogP contribution in [0.3, 0.4) is 0 Å². The van der Waals surface area contributed by atoms with E-state index in [1.54, 1.807) is 24.3 Å². The molecule has 5 nitrogen and oxygen atoms in total. The molecular weight excluding hydrogens is 304 g/mol. The minimum Gasteiger partial charge on any atom is -0.465 e. The Hall–Kier alpha value is -2.66. The first-order valence-corrected chi connectivity index (χ1v) is 7.90. The molecule has 2 N–H and O–H groups in total. The summed E-state index contributed by atoms with van der Waals surface area (Å²) in [6, 6.07) is 16.8. The normalized spacial score (nSPS) is 11.6. The van der Waals surface area contributed by atoms with Gasteiger partial charge in [-0.1, -0.05) is 37.3 Å². The highest BCUT2D eigenvalue weighted by molar-refractivity contribution is 5.93. The predicted octanol–water partition coefficient (Wildman–Crippen LogP) is 3.15. The lowest BCUT2D eigenvalue weighted by Gasteiger charge is -2.17. The lowest BCUT2D eigenvalue weighted by atomic mass is 10.0. The zero-order chi connectivity index (χ0) is 17.4. The van der Waals surface area contributed by atoms with Gasteiger partial charge in [0.2, 0.25) is 5.91 Å². The van der Waals surface area contributed by atoms with Crippen LogP contribution < -0.4 is 10.6 Å². The van der Waals surface area contributed by atoms with Crippen molar-refractivity contribution in [3.05, 3.63) is 65.7 Å². The highest BCUT2D eigenvalue weighted by Crippen LogP contribution is 2.15. The highest BCUT2D eigenvalue weighted by Gasteiger charge is 2.11. The van der Waals surface area contributed by atoms with Crippen LogP contribution in [0.25, 0.3) is 0 Å². The van der Waals surface area contributed by atoms with Crippen molar-refractivity contribution in [1.82, 2.24) is 5.32 Å². The van der Waals surface area contributed by atoms with Crippen LogP contribution in [-0.4, -0.2) is 25.5 Å². The smallest absolute Gasteiger partial charge is 0.337 e. The first-order chi connectivity index (χ1) is 11.6. The monoisotopic (exact) mass is 326 g/mol. The largest absolute Gasteiger partial charge is 0.465 e. The van der Waals surface area contributed by atoms with Crippen molar-refractivity contribution in [2.45, 2.75) is 19.4 Å². The van der Waals surface area contributed by atoms with Gasteiger partial charge in [-0.2, -0.15) is 0 Å². The zero-order valence-electron chi connectivity index (χ0n) is 13.9. The summed E-state index contributed by atoms with van der Waals surface area (Å²) in [6.45, 7) is 2.29. The van der Waals surface area contributed by atoms with E-state index in [-0.39, 0.29) is 18.5 Å². The molecule has 2 rings (SSSR count). The number of anilines is 1. The molecule has 0 saturated carbocycles. The van der Waals surface area contributed by atoms with Crippen LogP contribution in [0, 0.1) is 0 Å². The van der Waals surface area contributed by atoms with E-state index in [1.165, 1.54) is 7.11 Å². The Morgan fingerprint density at radius 3 is 2.29 bits per heavy atom. The molecule has 1 amide bonds. The zero-order valence-corrected chi connectivity index (χ0v) is 13.9. The van der Waals surface area contributed by atoms with E-state index in [4.69, 9.17) is 0 Å². The standard InChI is InChI=1S/C19H22N2O3/c1-3-17(14-7-5-4-6-8-14)20-13-18(22)21-16-11-9-15(10-12-16)19(23)24-2/h4-12,17,20H,3,13H2,1-2H3,(H,21,22). The Morgan fingerprint density at radius 2 is 1.71 bits per heavy atom. The van der Waals surface area contributed by atoms with Gasteiger partial charge in [-0.3, -0.25) is 4.79 Å². The van der Waals surface area contributed by atoms with Crippen molar-refractivity contribution in [2.24, 2.45) is 0 Å². The molecule has 5 heteroatoms. The summed E-state index contributed by atoms with van der Waals surface area (Å²) in [5.74, 6) is -0.529. The maximum atomic E-state index is 12.1. The SMILES string of the molecule is CCC(NCC(=O)Nc1ccc(C(=O)OC)cc1)c1ccccc1. The molecule has 126 valence electrons. The Morgan fingerprint density at radius 1 is 1.04 bits per heavy atom. The van der Waals surface area contributed by atoms with Gasteiger partial charge in [-0.25, -0.2) is 4.79 Å². The molecule has 0 saturated heterocycles. The molecule has 1 unspecified atom stereocenters. The lowest BCUT2D eigenvalue weighted by Crippen LogP contribution is -2.31. The van der Waals surface area contributed by atoms with Crippen molar-refractivity contribution >= 4 is 17.6 Å². The first-order valence-electron chi connectivity index (χ1n) is 7.90. The Labute approximate surface area is 142 Å². The third kappa shape index (κ3) is 4.93. The van der Waals surface area contributed by atoms with Crippen molar-refractivity contribution < 1.29 is 14.3 Å². The van der Waals surface area contributed by atoms with Crippen molar-refractivity contribution in [3.8, 4) is 0 Å². The van der Waals surface area contributed by atoms with E-state index in [1.807, 2.05) is 30.3 Å². The predicted molar refractivity (Wildman–Crippen MR) is 93.9 cm³/mol. The molecular formula is C19H22N2O3. The summed E-state index contributed by atoms with van der Waals surface area (Å²) in [4.78, 5) is 23.4. The number of esters is 1. The molecule has 2 aromatic carbocycles. The third-order valence-corrected chi connectivity index (χ3v) is 3.71. The molecule has 0 aliphatic heterocycles. The number of ether oxygens (including phenoxy) is 1. The van der Waals surface area contributed by atoms with Crippen LogP contribution >= 0.6 is 0 Å². The van der Waals surface area contributed by atoms with Crippen molar-refractivity contribution in [3.63, 3.8) is 0 Å². The van der Waals surface area contributed by atoms with E-state index in [2.05, 4.69) is 22.3 Å². The van der Waals surface area contributed by atoms with Crippen molar-refractivity contribution in [2.75, 3.05) is 19.0 Å². The minimum atomic E-state index is -0.400. The number of hydrogen-bond donors (Lipinski definition) is 2. The number of carbonyl (C=O) groups excluding carboxylic acids is 2. The van der Waals surface area contributed by atoms with E-state index >= 15 is 0 Å². The molecule has 0 bridgehead atoms.